The Bertz CT molecular complexity index is 1060. The molecule has 2 aromatic carbocycles. The van der Waals surface area contributed by atoms with E-state index in [0.29, 0.717) is 16.8 Å². The van der Waals surface area contributed by atoms with Crippen LogP contribution >= 0.6 is 27.7 Å². The zero-order valence-electron chi connectivity index (χ0n) is 18.5. The monoisotopic (exact) mass is 518 g/mol. The number of benzene rings is 2. The van der Waals surface area contributed by atoms with E-state index in [9.17, 15) is 4.79 Å². The highest BCUT2D eigenvalue weighted by Crippen LogP contribution is 2.27. The molecule has 1 atom stereocenters. The molecule has 0 saturated heterocycles. The quantitative estimate of drug-likeness (QED) is 0.353. The molecule has 0 fully saturated rings. The van der Waals surface area contributed by atoms with Gasteiger partial charge < -0.3 is 19.4 Å². The maximum atomic E-state index is 12.4. The summed E-state index contributed by atoms with van der Waals surface area (Å²) < 4.78 is 14.3. The van der Waals surface area contributed by atoms with Crippen molar-refractivity contribution < 1.29 is 14.3 Å². The Kier molecular flexibility index (Phi) is 8.58. The lowest BCUT2D eigenvalue weighted by Crippen LogP contribution is -2.17. The van der Waals surface area contributed by atoms with E-state index in [-0.39, 0.29) is 17.8 Å². The van der Waals surface area contributed by atoms with Crippen molar-refractivity contribution in [3.05, 3.63) is 58.8 Å². The Morgan fingerprint density at radius 1 is 1.12 bits per heavy atom. The summed E-state index contributed by atoms with van der Waals surface area (Å²) in [6.07, 6.45) is -0.321. The number of carbonyl (C=O) groups excluding carboxylic acids is 1. The number of hydrogen-bond donors (Lipinski definition) is 1. The van der Waals surface area contributed by atoms with Crippen LogP contribution in [0.2, 0.25) is 0 Å². The molecule has 32 heavy (non-hydrogen) atoms. The van der Waals surface area contributed by atoms with Crippen LogP contribution in [-0.4, -0.2) is 33.5 Å². The molecule has 0 aliphatic rings. The van der Waals surface area contributed by atoms with Crippen LogP contribution in [0, 0.1) is 5.92 Å². The Morgan fingerprint density at radius 2 is 1.88 bits per heavy atom. The minimum Gasteiger partial charge on any atom is -0.497 e. The van der Waals surface area contributed by atoms with Gasteiger partial charge in [0.1, 0.15) is 11.5 Å². The first-order valence-electron chi connectivity index (χ1n) is 10.3. The molecule has 0 spiro atoms. The van der Waals surface area contributed by atoms with Gasteiger partial charge in [0.15, 0.2) is 17.1 Å². The highest BCUT2D eigenvalue weighted by Gasteiger charge is 2.21. The van der Waals surface area contributed by atoms with Gasteiger partial charge in [0.05, 0.1) is 12.9 Å². The molecule has 1 unspecified atom stereocenters. The van der Waals surface area contributed by atoms with Gasteiger partial charge >= 0.3 is 0 Å². The predicted molar refractivity (Wildman–Crippen MR) is 130 cm³/mol. The third-order valence-corrected chi connectivity index (χ3v) is 5.91. The molecule has 0 saturated carbocycles. The smallest absolute Gasteiger partial charge is 0.234 e. The van der Waals surface area contributed by atoms with E-state index < -0.39 is 0 Å². The van der Waals surface area contributed by atoms with Gasteiger partial charge in [0.25, 0.3) is 0 Å². The molecule has 0 bridgehead atoms. The number of thioether (sulfide) groups is 1. The molecule has 0 aliphatic carbocycles. The number of halogens is 1. The van der Waals surface area contributed by atoms with Gasteiger partial charge in [0, 0.05) is 22.8 Å². The van der Waals surface area contributed by atoms with E-state index in [4.69, 9.17) is 9.47 Å². The van der Waals surface area contributed by atoms with Crippen LogP contribution in [0.15, 0.2) is 58.2 Å². The third kappa shape index (κ3) is 6.74. The largest absolute Gasteiger partial charge is 0.497 e. The van der Waals surface area contributed by atoms with Crippen LogP contribution in [0.4, 0.5) is 5.69 Å². The van der Waals surface area contributed by atoms with Gasteiger partial charge in [-0.2, -0.15) is 0 Å². The van der Waals surface area contributed by atoms with Crippen LogP contribution in [-0.2, 0) is 11.3 Å². The average Bonchev–Trinajstić information content (AvgIpc) is 3.14. The van der Waals surface area contributed by atoms with Crippen molar-refractivity contribution in [2.45, 2.75) is 38.6 Å². The summed E-state index contributed by atoms with van der Waals surface area (Å²) in [5.41, 5.74) is 0.745. The minimum absolute atomic E-state index is 0.102. The fraction of sp³-hybridized carbons (Fsp3) is 0.348. The predicted octanol–water partition coefficient (Wildman–Crippen LogP) is 5.58. The number of aromatic nitrogens is 3. The van der Waals surface area contributed by atoms with E-state index in [1.165, 1.54) is 11.8 Å². The summed E-state index contributed by atoms with van der Waals surface area (Å²) in [7, 11) is 1.62. The molecular weight excluding hydrogens is 492 g/mol. The molecule has 1 amide bonds. The van der Waals surface area contributed by atoms with E-state index in [2.05, 4.69) is 45.3 Å². The Balaban J connectivity index is 1.70. The number of hydrogen-bond acceptors (Lipinski definition) is 6. The van der Waals surface area contributed by atoms with Gasteiger partial charge in [0.2, 0.25) is 5.91 Å². The van der Waals surface area contributed by atoms with Gasteiger partial charge in [-0.1, -0.05) is 53.7 Å². The van der Waals surface area contributed by atoms with Crippen molar-refractivity contribution in [2.75, 3.05) is 18.2 Å². The van der Waals surface area contributed by atoms with Gasteiger partial charge in [-0.25, -0.2) is 0 Å². The number of methoxy groups -OCH3 is 1. The second kappa shape index (κ2) is 11.4. The Hall–Kier alpha value is -2.52. The van der Waals surface area contributed by atoms with Crippen molar-refractivity contribution in [3.8, 4) is 11.5 Å². The van der Waals surface area contributed by atoms with Crippen LogP contribution in [0.1, 0.15) is 32.7 Å². The van der Waals surface area contributed by atoms with Gasteiger partial charge in [-0.05, 0) is 43.2 Å². The SMILES string of the molecule is COc1cccc(OC(C)c2nnc(SCC(=O)Nc3cccc(Br)c3)n2CC(C)C)c1. The van der Waals surface area contributed by atoms with Crippen LogP contribution in [0.3, 0.4) is 0 Å². The van der Waals surface area contributed by atoms with Crippen molar-refractivity contribution >= 4 is 39.3 Å². The molecule has 1 heterocycles. The van der Waals surface area contributed by atoms with E-state index >= 15 is 0 Å². The van der Waals surface area contributed by atoms with Crippen molar-refractivity contribution in [1.29, 1.82) is 0 Å². The number of carbonyl (C=O) groups is 1. The van der Waals surface area contributed by atoms with Crippen LogP contribution in [0.25, 0.3) is 0 Å². The number of rotatable bonds is 10. The molecule has 0 radical (unpaired) electrons. The van der Waals surface area contributed by atoms with Crippen molar-refractivity contribution in [1.82, 2.24) is 14.8 Å². The zero-order chi connectivity index (χ0) is 23.1. The Morgan fingerprint density at radius 3 is 2.59 bits per heavy atom. The van der Waals surface area contributed by atoms with E-state index in [1.807, 2.05) is 60.0 Å². The van der Waals surface area contributed by atoms with Gasteiger partial charge in [-0.15, -0.1) is 10.2 Å². The molecule has 1 aromatic heterocycles. The van der Waals surface area contributed by atoms with Crippen LogP contribution < -0.4 is 14.8 Å². The maximum Gasteiger partial charge on any atom is 0.234 e. The number of nitrogens with one attached hydrogen (secondary N) is 1. The second-order valence-corrected chi connectivity index (χ2v) is 9.49. The third-order valence-electron chi connectivity index (χ3n) is 4.45. The zero-order valence-corrected chi connectivity index (χ0v) is 20.9. The van der Waals surface area contributed by atoms with E-state index in [0.717, 1.165) is 28.3 Å². The maximum absolute atomic E-state index is 12.4. The van der Waals surface area contributed by atoms with Gasteiger partial charge in [-0.3, -0.25) is 4.79 Å². The number of anilines is 1. The molecule has 1 N–H and O–H groups in total. The highest BCUT2D eigenvalue weighted by molar-refractivity contribution is 9.10. The molecule has 0 aliphatic heterocycles. The van der Waals surface area contributed by atoms with Crippen LogP contribution in [0.5, 0.6) is 11.5 Å². The van der Waals surface area contributed by atoms with E-state index in [1.54, 1.807) is 7.11 Å². The first kappa shape index (κ1) is 24.1. The second-order valence-electron chi connectivity index (χ2n) is 7.63. The summed E-state index contributed by atoms with van der Waals surface area (Å²) >= 11 is 4.77. The fourth-order valence-electron chi connectivity index (χ4n) is 3.07. The normalized spacial score (nSPS) is 11.9. The lowest BCUT2D eigenvalue weighted by atomic mass is 10.2. The molecule has 7 nitrogen and oxygen atoms in total. The summed E-state index contributed by atoms with van der Waals surface area (Å²) in [5.74, 6) is 2.65. The number of nitrogens with zero attached hydrogens (tertiary/aromatic N) is 3. The summed E-state index contributed by atoms with van der Waals surface area (Å²) in [5, 5.41) is 12.3. The minimum atomic E-state index is -0.321. The summed E-state index contributed by atoms with van der Waals surface area (Å²) in [6, 6.07) is 15.0. The molecule has 9 heteroatoms. The first-order chi connectivity index (χ1) is 15.4. The summed E-state index contributed by atoms with van der Waals surface area (Å²) in [4.78, 5) is 12.4. The Labute approximate surface area is 201 Å². The fourth-order valence-corrected chi connectivity index (χ4v) is 4.22. The van der Waals surface area contributed by atoms with Crippen molar-refractivity contribution in [2.24, 2.45) is 5.92 Å². The lowest BCUT2D eigenvalue weighted by Gasteiger charge is -2.18. The lowest BCUT2D eigenvalue weighted by molar-refractivity contribution is -0.113. The number of amides is 1. The molecule has 3 aromatic rings. The molecular formula is C23H27BrN4O3S. The molecule has 170 valence electrons. The average molecular weight is 519 g/mol. The number of ether oxygens (including phenoxy) is 2. The van der Waals surface area contributed by atoms with Crippen molar-refractivity contribution in [3.63, 3.8) is 0 Å². The first-order valence-corrected chi connectivity index (χ1v) is 12.1. The molecule has 3 rings (SSSR count). The summed E-state index contributed by atoms with van der Waals surface area (Å²) in [6.45, 7) is 6.93. The topological polar surface area (TPSA) is 78.3 Å². The highest BCUT2D eigenvalue weighted by atomic mass is 79.9. The standard InChI is InChI=1S/C23H27BrN4O3S/c1-15(2)13-28-22(16(3)31-20-10-6-9-19(12-20)30-4)26-27-23(28)32-14-21(29)25-18-8-5-7-17(24)11-18/h5-12,15-16H,13-14H2,1-4H3,(H,25,29).